The first-order valence-electron chi connectivity index (χ1n) is 5.93. The highest BCUT2D eigenvalue weighted by atomic mass is 35.5. The second-order valence-electron chi connectivity index (χ2n) is 4.47. The molecule has 0 bridgehead atoms. The number of hydrogen-bond donors (Lipinski definition) is 0. The van der Waals surface area contributed by atoms with Crippen molar-refractivity contribution < 1.29 is 4.57 Å². The van der Waals surface area contributed by atoms with Crippen LogP contribution in [0.3, 0.4) is 0 Å². The van der Waals surface area contributed by atoms with Crippen molar-refractivity contribution in [3.05, 3.63) is 71.8 Å². The Labute approximate surface area is 113 Å². The third-order valence-corrected chi connectivity index (χ3v) is 6.47. The van der Waals surface area contributed by atoms with Crippen molar-refractivity contribution in [3.8, 4) is 0 Å². The summed E-state index contributed by atoms with van der Waals surface area (Å²) in [6, 6.07) is 19.8. The van der Waals surface area contributed by atoms with Crippen molar-refractivity contribution >= 4 is 18.7 Å². The molecule has 0 N–H and O–H groups in total. The molecular formula is C15H16ClOP. The van der Waals surface area contributed by atoms with Gasteiger partial charge in [-0.25, -0.2) is 0 Å². The fourth-order valence-corrected chi connectivity index (χ4v) is 4.51. The van der Waals surface area contributed by atoms with E-state index in [1.807, 2.05) is 60.7 Å². The molecule has 1 nitrogen and oxygen atoms in total. The molecule has 0 saturated carbocycles. The summed E-state index contributed by atoms with van der Waals surface area (Å²) in [5.74, 6) is 0. The lowest BCUT2D eigenvalue weighted by molar-refractivity contribution is 0.576. The Kier molecular flexibility index (Phi) is 4.63. The van der Waals surface area contributed by atoms with Crippen molar-refractivity contribution in [2.24, 2.45) is 0 Å². The maximum absolute atomic E-state index is 12.8. The molecule has 2 aromatic carbocycles. The highest BCUT2D eigenvalue weighted by Gasteiger charge is 2.21. The van der Waals surface area contributed by atoms with Crippen LogP contribution in [0, 0.1) is 0 Å². The molecule has 94 valence electrons. The molecule has 0 amide bonds. The van der Waals surface area contributed by atoms with Crippen molar-refractivity contribution in [2.45, 2.75) is 12.3 Å². The van der Waals surface area contributed by atoms with Gasteiger partial charge in [0.2, 0.25) is 0 Å². The Morgan fingerprint density at radius 2 is 1.17 bits per heavy atom. The first-order chi connectivity index (χ1) is 8.72. The SMILES string of the molecule is O=P(CCl)(Cc1ccccc1)Cc1ccccc1. The molecular weight excluding hydrogens is 263 g/mol. The van der Waals surface area contributed by atoms with Crippen LogP contribution in [-0.2, 0) is 16.9 Å². The highest BCUT2D eigenvalue weighted by Crippen LogP contribution is 2.52. The Bertz CT molecular complexity index is 479. The molecule has 0 radical (unpaired) electrons. The van der Waals surface area contributed by atoms with Crippen LogP contribution in [0.5, 0.6) is 0 Å². The molecule has 0 aliphatic rings. The predicted molar refractivity (Wildman–Crippen MR) is 78.6 cm³/mol. The minimum atomic E-state index is -2.38. The Morgan fingerprint density at radius 1 is 0.778 bits per heavy atom. The van der Waals surface area contributed by atoms with Gasteiger partial charge in [-0.3, -0.25) is 0 Å². The number of halogens is 1. The van der Waals surface area contributed by atoms with Crippen LogP contribution in [0.4, 0.5) is 0 Å². The normalized spacial score (nSPS) is 11.4. The molecule has 0 fully saturated rings. The molecule has 0 spiro atoms. The summed E-state index contributed by atoms with van der Waals surface area (Å²) in [6.07, 6.45) is 1.15. The smallest absolute Gasteiger partial charge is 0.110 e. The molecule has 0 atom stereocenters. The quantitative estimate of drug-likeness (QED) is 0.559. The minimum absolute atomic E-state index is 0.233. The fraction of sp³-hybridized carbons (Fsp3) is 0.200. The van der Waals surface area contributed by atoms with Gasteiger partial charge in [-0.2, -0.15) is 0 Å². The number of rotatable bonds is 5. The predicted octanol–water partition coefficient (Wildman–Crippen LogP) is 4.95. The van der Waals surface area contributed by atoms with Crippen molar-refractivity contribution in [3.63, 3.8) is 0 Å². The van der Waals surface area contributed by atoms with Gasteiger partial charge in [0.1, 0.15) is 7.14 Å². The van der Waals surface area contributed by atoms with Gasteiger partial charge < -0.3 is 4.57 Å². The third-order valence-electron chi connectivity index (χ3n) is 2.84. The van der Waals surface area contributed by atoms with E-state index in [2.05, 4.69) is 0 Å². The van der Waals surface area contributed by atoms with E-state index in [0.29, 0.717) is 12.3 Å². The van der Waals surface area contributed by atoms with Crippen LogP contribution in [0.15, 0.2) is 60.7 Å². The lowest BCUT2D eigenvalue weighted by Gasteiger charge is -2.15. The van der Waals surface area contributed by atoms with Gasteiger partial charge in [0.05, 0.1) is 5.62 Å². The molecule has 0 saturated heterocycles. The van der Waals surface area contributed by atoms with Gasteiger partial charge in [-0.1, -0.05) is 60.7 Å². The van der Waals surface area contributed by atoms with E-state index < -0.39 is 7.14 Å². The monoisotopic (exact) mass is 278 g/mol. The maximum Gasteiger partial charge on any atom is 0.110 e. The van der Waals surface area contributed by atoms with E-state index in [-0.39, 0.29) is 5.62 Å². The van der Waals surface area contributed by atoms with E-state index in [0.717, 1.165) is 11.1 Å². The Balaban J connectivity index is 2.14. The summed E-state index contributed by atoms with van der Waals surface area (Å²) in [6.45, 7) is 0. The van der Waals surface area contributed by atoms with Gasteiger partial charge >= 0.3 is 0 Å². The van der Waals surface area contributed by atoms with Gasteiger partial charge in [0, 0.05) is 12.3 Å². The van der Waals surface area contributed by atoms with Crippen molar-refractivity contribution in [1.29, 1.82) is 0 Å². The van der Waals surface area contributed by atoms with Gasteiger partial charge in [-0.05, 0) is 11.1 Å². The Morgan fingerprint density at radius 3 is 1.50 bits per heavy atom. The molecule has 0 unspecified atom stereocenters. The standard InChI is InChI=1S/C15H16ClOP/c16-13-18(17,11-14-7-3-1-4-8-14)12-15-9-5-2-6-10-15/h1-10H,11-13H2. The highest BCUT2D eigenvalue weighted by molar-refractivity contribution is 7.63. The van der Waals surface area contributed by atoms with Crippen LogP contribution in [0.2, 0.25) is 0 Å². The lowest BCUT2D eigenvalue weighted by Crippen LogP contribution is -1.94. The molecule has 2 aromatic rings. The molecule has 3 heteroatoms. The number of benzene rings is 2. The molecule has 0 heterocycles. The minimum Gasteiger partial charge on any atom is -0.322 e. The summed E-state index contributed by atoms with van der Waals surface area (Å²) in [5.41, 5.74) is 2.42. The summed E-state index contributed by atoms with van der Waals surface area (Å²) in [4.78, 5) is 0. The molecule has 0 aliphatic heterocycles. The van der Waals surface area contributed by atoms with Crippen molar-refractivity contribution in [2.75, 3.05) is 5.62 Å². The summed E-state index contributed by atoms with van der Waals surface area (Å²) in [5, 5.41) is 0. The zero-order valence-electron chi connectivity index (χ0n) is 10.1. The van der Waals surface area contributed by atoms with Gasteiger partial charge in [-0.15, -0.1) is 11.6 Å². The summed E-state index contributed by atoms with van der Waals surface area (Å²) >= 11 is 5.95. The summed E-state index contributed by atoms with van der Waals surface area (Å²) < 4.78 is 12.8. The third kappa shape index (κ3) is 3.73. The Hall–Kier alpha value is -1.04. The van der Waals surface area contributed by atoms with Gasteiger partial charge in [0.25, 0.3) is 0 Å². The van der Waals surface area contributed by atoms with Crippen LogP contribution >= 0.6 is 18.7 Å². The average Bonchev–Trinajstić information content (AvgIpc) is 2.41. The van der Waals surface area contributed by atoms with Crippen molar-refractivity contribution in [1.82, 2.24) is 0 Å². The fourth-order valence-electron chi connectivity index (χ4n) is 1.97. The molecule has 18 heavy (non-hydrogen) atoms. The zero-order valence-corrected chi connectivity index (χ0v) is 11.8. The first kappa shape index (κ1) is 13.4. The van der Waals surface area contributed by atoms with Crippen LogP contribution in [-0.4, -0.2) is 5.62 Å². The van der Waals surface area contributed by atoms with E-state index >= 15 is 0 Å². The van der Waals surface area contributed by atoms with Crippen LogP contribution in [0.25, 0.3) is 0 Å². The second-order valence-corrected chi connectivity index (χ2v) is 8.17. The van der Waals surface area contributed by atoms with Gasteiger partial charge in [0.15, 0.2) is 0 Å². The van der Waals surface area contributed by atoms with E-state index in [9.17, 15) is 4.57 Å². The van der Waals surface area contributed by atoms with E-state index in [4.69, 9.17) is 11.6 Å². The first-order valence-corrected chi connectivity index (χ1v) is 8.72. The van der Waals surface area contributed by atoms with E-state index in [1.54, 1.807) is 0 Å². The van der Waals surface area contributed by atoms with Crippen LogP contribution in [0.1, 0.15) is 11.1 Å². The topological polar surface area (TPSA) is 17.1 Å². The maximum atomic E-state index is 12.8. The number of hydrogen-bond acceptors (Lipinski definition) is 1. The second kappa shape index (κ2) is 6.22. The lowest BCUT2D eigenvalue weighted by atomic mass is 10.2. The largest absolute Gasteiger partial charge is 0.322 e. The zero-order chi connectivity index (χ0) is 12.8. The number of alkyl halides is 1. The van der Waals surface area contributed by atoms with E-state index in [1.165, 1.54) is 0 Å². The molecule has 0 aliphatic carbocycles. The molecule has 0 aromatic heterocycles. The van der Waals surface area contributed by atoms with Crippen LogP contribution < -0.4 is 0 Å². The average molecular weight is 279 g/mol. The summed E-state index contributed by atoms with van der Waals surface area (Å²) in [7, 11) is -2.38. The molecule has 2 rings (SSSR count).